The third-order valence-corrected chi connectivity index (χ3v) is 2.75. The van der Waals surface area contributed by atoms with Crippen LogP contribution in [0.25, 0.3) is 0 Å². The predicted octanol–water partition coefficient (Wildman–Crippen LogP) is 1.81. The SMILES string of the molecule is CNCc1ncnn1Cc1cccc(Br)c1. The second kappa shape index (κ2) is 5.23. The maximum atomic E-state index is 4.21. The molecule has 84 valence electrons. The normalized spacial score (nSPS) is 10.6. The van der Waals surface area contributed by atoms with Crippen LogP contribution in [0.3, 0.4) is 0 Å². The first-order valence-corrected chi connectivity index (χ1v) is 5.84. The van der Waals surface area contributed by atoms with Crippen LogP contribution in [0.1, 0.15) is 11.4 Å². The quantitative estimate of drug-likeness (QED) is 0.929. The molecule has 0 fully saturated rings. The maximum Gasteiger partial charge on any atom is 0.141 e. The van der Waals surface area contributed by atoms with Gasteiger partial charge in [-0.2, -0.15) is 5.10 Å². The molecule has 0 saturated carbocycles. The molecular formula is C11H13BrN4. The minimum Gasteiger partial charge on any atom is -0.313 e. The van der Waals surface area contributed by atoms with Crippen LogP contribution in [-0.2, 0) is 13.1 Å². The molecule has 16 heavy (non-hydrogen) atoms. The Kier molecular flexibility index (Phi) is 3.69. The number of benzene rings is 1. The lowest BCUT2D eigenvalue weighted by Crippen LogP contribution is -2.14. The molecule has 0 amide bonds. The minimum atomic E-state index is 0.730. The van der Waals surface area contributed by atoms with Gasteiger partial charge in [-0.1, -0.05) is 28.1 Å². The Balaban J connectivity index is 2.17. The Morgan fingerprint density at radius 1 is 1.44 bits per heavy atom. The minimum absolute atomic E-state index is 0.730. The molecule has 1 aromatic heterocycles. The van der Waals surface area contributed by atoms with Crippen molar-refractivity contribution in [3.63, 3.8) is 0 Å². The van der Waals surface area contributed by atoms with Crippen molar-refractivity contribution in [3.8, 4) is 0 Å². The Morgan fingerprint density at radius 3 is 3.06 bits per heavy atom. The van der Waals surface area contributed by atoms with Crippen molar-refractivity contribution >= 4 is 15.9 Å². The van der Waals surface area contributed by atoms with Gasteiger partial charge in [0.15, 0.2) is 0 Å². The van der Waals surface area contributed by atoms with Crippen LogP contribution in [-0.4, -0.2) is 21.8 Å². The molecular weight excluding hydrogens is 268 g/mol. The van der Waals surface area contributed by atoms with Crippen LogP contribution in [0.15, 0.2) is 35.1 Å². The number of hydrogen-bond acceptors (Lipinski definition) is 3. The number of halogens is 1. The zero-order chi connectivity index (χ0) is 11.4. The third-order valence-electron chi connectivity index (χ3n) is 2.25. The van der Waals surface area contributed by atoms with Gasteiger partial charge in [-0.25, -0.2) is 9.67 Å². The van der Waals surface area contributed by atoms with Gasteiger partial charge >= 0.3 is 0 Å². The van der Waals surface area contributed by atoms with E-state index in [0.29, 0.717) is 0 Å². The average Bonchev–Trinajstić information content (AvgIpc) is 2.66. The summed E-state index contributed by atoms with van der Waals surface area (Å²) in [6, 6.07) is 8.20. The van der Waals surface area contributed by atoms with Crippen LogP contribution in [0, 0.1) is 0 Å². The summed E-state index contributed by atoms with van der Waals surface area (Å²) in [5.74, 6) is 0.947. The fraction of sp³-hybridized carbons (Fsp3) is 0.273. The van der Waals surface area contributed by atoms with Gasteiger partial charge < -0.3 is 5.32 Å². The second-order valence-corrected chi connectivity index (χ2v) is 4.41. The Bertz CT molecular complexity index is 467. The molecule has 1 N–H and O–H groups in total. The molecule has 1 heterocycles. The van der Waals surface area contributed by atoms with Crippen LogP contribution >= 0.6 is 15.9 Å². The average molecular weight is 281 g/mol. The number of nitrogens with zero attached hydrogens (tertiary/aromatic N) is 3. The molecule has 2 aromatic rings. The van der Waals surface area contributed by atoms with E-state index in [4.69, 9.17) is 0 Å². The zero-order valence-electron chi connectivity index (χ0n) is 9.02. The predicted molar refractivity (Wildman–Crippen MR) is 66.0 cm³/mol. The van der Waals surface area contributed by atoms with Gasteiger partial charge in [-0.3, -0.25) is 0 Å². The van der Waals surface area contributed by atoms with E-state index in [1.165, 1.54) is 5.56 Å². The van der Waals surface area contributed by atoms with Gasteiger partial charge in [0.2, 0.25) is 0 Å². The Labute approximate surface area is 103 Å². The summed E-state index contributed by atoms with van der Waals surface area (Å²) in [6.07, 6.45) is 1.59. The van der Waals surface area contributed by atoms with Crippen molar-refractivity contribution in [2.75, 3.05) is 7.05 Å². The highest BCUT2D eigenvalue weighted by Gasteiger charge is 2.03. The van der Waals surface area contributed by atoms with Gasteiger partial charge in [0.25, 0.3) is 0 Å². The number of nitrogens with one attached hydrogen (secondary N) is 1. The summed E-state index contributed by atoms with van der Waals surface area (Å²) in [7, 11) is 1.90. The Hall–Kier alpha value is -1.20. The molecule has 0 atom stereocenters. The van der Waals surface area contributed by atoms with Crippen LogP contribution < -0.4 is 5.32 Å². The summed E-state index contributed by atoms with van der Waals surface area (Å²) in [5, 5.41) is 7.29. The van der Waals surface area contributed by atoms with E-state index in [9.17, 15) is 0 Å². The number of hydrogen-bond donors (Lipinski definition) is 1. The van der Waals surface area contributed by atoms with E-state index in [1.807, 2.05) is 23.9 Å². The summed E-state index contributed by atoms with van der Waals surface area (Å²) < 4.78 is 2.98. The molecule has 0 saturated heterocycles. The van der Waals surface area contributed by atoms with E-state index in [-0.39, 0.29) is 0 Å². The maximum absolute atomic E-state index is 4.21. The van der Waals surface area contributed by atoms with Crippen molar-refractivity contribution in [2.45, 2.75) is 13.1 Å². The van der Waals surface area contributed by atoms with Crippen molar-refractivity contribution in [1.82, 2.24) is 20.1 Å². The second-order valence-electron chi connectivity index (χ2n) is 3.49. The number of aromatic nitrogens is 3. The van der Waals surface area contributed by atoms with Gasteiger partial charge in [-0.05, 0) is 24.7 Å². The van der Waals surface area contributed by atoms with Crippen LogP contribution in [0.2, 0.25) is 0 Å². The van der Waals surface area contributed by atoms with Gasteiger partial charge in [0, 0.05) is 4.47 Å². The molecule has 0 unspecified atom stereocenters. The van der Waals surface area contributed by atoms with E-state index in [2.05, 4.69) is 43.5 Å². The third kappa shape index (κ3) is 2.68. The summed E-state index contributed by atoms with van der Waals surface area (Å²) in [5.41, 5.74) is 1.21. The molecule has 1 aromatic carbocycles. The van der Waals surface area contributed by atoms with Crippen LogP contribution in [0.4, 0.5) is 0 Å². The summed E-state index contributed by atoms with van der Waals surface area (Å²) in [4.78, 5) is 4.20. The standard InChI is InChI=1S/C11H13BrN4/c1-13-6-11-14-8-15-16(11)7-9-3-2-4-10(12)5-9/h2-5,8,13H,6-7H2,1H3. The molecule has 0 aliphatic carbocycles. The first-order valence-electron chi connectivity index (χ1n) is 5.05. The molecule has 0 radical (unpaired) electrons. The Morgan fingerprint density at radius 2 is 2.31 bits per heavy atom. The molecule has 0 aliphatic rings. The molecule has 5 heteroatoms. The van der Waals surface area contributed by atoms with E-state index >= 15 is 0 Å². The largest absolute Gasteiger partial charge is 0.313 e. The fourth-order valence-corrected chi connectivity index (χ4v) is 1.97. The highest BCUT2D eigenvalue weighted by atomic mass is 79.9. The molecule has 0 bridgehead atoms. The first-order chi connectivity index (χ1) is 7.79. The fourth-order valence-electron chi connectivity index (χ4n) is 1.52. The van der Waals surface area contributed by atoms with Crippen molar-refractivity contribution in [2.24, 2.45) is 0 Å². The highest BCUT2D eigenvalue weighted by Crippen LogP contribution is 2.12. The smallest absolute Gasteiger partial charge is 0.141 e. The van der Waals surface area contributed by atoms with Crippen molar-refractivity contribution < 1.29 is 0 Å². The van der Waals surface area contributed by atoms with Crippen molar-refractivity contribution in [1.29, 1.82) is 0 Å². The lowest BCUT2D eigenvalue weighted by molar-refractivity contribution is 0.613. The lowest BCUT2D eigenvalue weighted by atomic mass is 10.2. The summed E-state index contributed by atoms with van der Waals surface area (Å²) >= 11 is 3.46. The lowest BCUT2D eigenvalue weighted by Gasteiger charge is -2.06. The van der Waals surface area contributed by atoms with Gasteiger partial charge in [-0.15, -0.1) is 0 Å². The molecule has 4 nitrogen and oxygen atoms in total. The van der Waals surface area contributed by atoms with Gasteiger partial charge in [0.1, 0.15) is 12.2 Å². The molecule has 2 rings (SSSR count). The zero-order valence-corrected chi connectivity index (χ0v) is 10.6. The molecule has 0 spiro atoms. The van der Waals surface area contributed by atoms with Crippen molar-refractivity contribution in [3.05, 3.63) is 46.5 Å². The van der Waals surface area contributed by atoms with Crippen LogP contribution in [0.5, 0.6) is 0 Å². The van der Waals surface area contributed by atoms with E-state index in [1.54, 1.807) is 6.33 Å². The summed E-state index contributed by atoms with van der Waals surface area (Å²) in [6.45, 7) is 1.48. The number of rotatable bonds is 4. The molecule has 0 aliphatic heterocycles. The van der Waals surface area contributed by atoms with E-state index < -0.39 is 0 Å². The van der Waals surface area contributed by atoms with Gasteiger partial charge in [0.05, 0.1) is 13.1 Å². The topological polar surface area (TPSA) is 42.7 Å². The highest BCUT2D eigenvalue weighted by molar-refractivity contribution is 9.10. The monoisotopic (exact) mass is 280 g/mol. The first kappa shape index (κ1) is 11.3. The van der Waals surface area contributed by atoms with E-state index in [0.717, 1.165) is 23.4 Å².